The number of hydrogen-bond acceptors (Lipinski definition) is 5. The van der Waals surface area contributed by atoms with Crippen LogP contribution in [0.4, 0.5) is 4.79 Å². The number of aromatic nitrogens is 3. The average Bonchev–Trinajstić information content (AvgIpc) is 3.23. The van der Waals surface area contributed by atoms with Gasteiger partial charge in [-0.25, -0.2) is 4.79 Å². The molecule has 7 nitrogen and oxygen atoms in total. The zero-order chi connectivity index (χ0) is 16.2. The fraction of sp³-hybridized carbons (Fsp3) is 0.333. The summed E-state index contributed by atoms with van der Waals surface area (Å²) < 4.78 is 1.80. The lowest BCUT2D eigenvalue weighted by molar-refractivity contribution is -0.119. The summed E-state index contributed by atoms with van der Waals surface area (Å²) in [7, 11) is 0. The van der Waals surface area contributed by atoms with Crippen LogP contribution in [0.2, 0.25) is 0 Å². The van der Waals surface area contributed by atoms with Gasteiger partial charge in [0.25, 0.3) is 0 Å². The van der Waals surface area contributed by atoms with Crippen LogP contribution in [0.3, 0.4) is 0 Å². The maximum absolute atomic E-state index is 12.1. The van der Waals surface area contributed by atoms with Crippen LogP contribution in [0.15, 0.2) is 41.8 Å². The van der Waals surface area contributed by atoms with Gasteiger partial charge in [0.2, 0.25) is 5.91 Å². The maximum atomic E-state index is 12.1. The Labute approximate surface area is 137 Å². The summed E-state index contributed by atoms with van der Waals surface area (Å²) in [6.07, 6.45) is 3.56. The van der Waals surface area contributed by atoms with Gasteiger partial charge in [-0.15, -0.1) is 10.2 Å². The Kier molecular flexibility index (Phi) is 4.61. The molecular weight excluding hydrogens is 314 g/mol. The van der Waals surface area contributed by atoms with Crippen molar-refractivity contribution in [1.29, 1.82) is 0 Å². The van der Waals surface area contributed by atoms with E-state index in [-0.39, 0.29) is 11.9 Å². The second-order valence-electron chi connectivity index (χ2n) is 5.32. The molecule has 0 spiro atoms. The standard InChI is InChI=1S/C15H17N5O2S/c1-10(13(21)18-14(22)17-11-7-8-11)23-15-19-16-9-20(15)12-5-3-2-4-6-12/h2-6,9-11H,7-8H2,1H3,(H2,17,18,21,22). The molecule has 8 heteroatoms. The Bertz CT molecular complexity index is 699. The van der Waals surface area contributed by atoms with Crippen LogP contribution in [-0.2, 0) is 4.79 Å². The fourth-order valence-corrected chi connectivity index (χ4v) is 2.79. The molecule has 2 aromatic rings. The quantitative estimate of drug-likeness (QED) is 0.815. The molecule has 1 aromatic heterocycles. The van der Waals surface area contributed by atoms with Crippen molar-refractivity contribution in [3.8, 4) is 5.69 Å². The number of rotatable bonds is 5. The molecule has 1 fully saturated rings. The SMILES string of the molecule is CC(Sc1nncn1-c1ccccc1)C(=O)NC(=O)NC1CC1. The van der Waals surface area contributed by atoms with Crippen molar-refractivity contribution < 1.29 is 9.59 Å². The third kappa shape index (κ3) is 4.10. The molecule has 0 radical (unpaired) electrons. The molecule has 23 heavy (non-hydrogen) atoms. The van der Waals surface area contributed by atoms with E-state index in [0.717, 1.165) is 18.5 Å². The van der Waals surface area contributed by atoms with E-state index < -0.39 is 11.3 Å². The first kappa shape index (κ1) is 15.5. The first-order chi connectivity index (χ1) is 11.1. The number of nitrogens with zero attached hydrogens (tertiary/aromatic N) is 3. The predicted molar refractivity (Wildman–Crippen MR) is 86.4 cm³/mol. The highest BCUT2D eigenvalue weighted by Crippen LogP contribution is 2.24. The Hall–Kier alpha value is -2.35. The maximum Gasteiger partial charge on any atom is 0.321 e. The molecule has 3 amide bonds. The van der Waals surface area contributed by atoms with E-state index in [9.17, 15) is 9.59 Å². The molecule has 1 aromatic carbocycles. The van der Waals surface area contributed by atoms with Crippen LogP contribution in [0.1, 0.15) is 19.8 Å². The lowest BCUT2D eigenvalue weighted by atomic mass is 10.3. The zero-order valence-corrected chi connectivity index (χ0v) is 13.4. The monoisotopic (exact) mass is 331 g/mol. The molecule has 120 valence electrons. The third-order valence-corrected chi connectivity index (χ3v) is 4.41. The highest BCUT2D eigenvalue weighted by atomic mass is 32.2. The van der Waals surface area contributed by atoms with Gasteiger partial charge in [0.15, 0.2) is 5.16 Å². The van der Waals surface area contributed by atoms with Crippen LogP contribution < -0.4 is 10.6 Å². The van der Waals surface area contributed by atoms with Gasteiger partial charge >= 0.3 is 6.03 Å². The zero-order valence-electron chi connectivity index (χ0n) is 12.6. The average molecular weight is 331 g/mol. The second-order valence-corrected chi connectivity index (χ2v) is 6.62. The summed E-state index contributed by atoms with van der Waals surface area (Å²) in [5, 5.41) is 13.2. The number of urea groups is 1. The van der Waals surface area contributed by atoms with Crippen molar-refractivity contribution in [2.45, 2.75) is 36.2 Å². The highest BCUT2D eigenvalue weighted by molar-refractivity contribution is 8.00. The number of carbonyl (C=O) groups excluding carboxylic acids is 2. The van der Waals surface area contributed by atoms with Gasteiger partial charge in [0.1, 0.15) is 6.33 Å². The molecule has 1 aliphatic rings. The number of carbonyl (C=O) groups is 2. The first-order valence-corrected chi connectivity index (χ1v) is 8.25. The summed E-state index contributed by atoms with van der Waals surface area (Å²) in [6.45, 7) is 1.73. The van der Waals surface area contributed by atoms with E-state index in [1.165, 1.54) is 11.8 Å². The van der Waals surface area contributed by atoms with E-state index in [2.05, 4.69) is 20.8 Å². The lowest BCUT2D eigenvalue weighted by Crippen LogP contribution is -2.43. The third-order valence-electron chi connectivity index (χ3n) is 3.35. The number of benzene rings is 1. The van der Waals surface area contributed by atoms with Gasteiger partial charge in [0.05, 0.1) is 5.25 Å². The second kappa shape index (κ2) is 6.82. The molecule has 0 bridgehead atoms. The number of imide groups is 1. The molecule has 2 N–H and O–H groups in total. The van der Waals surface area contributed by atoms with Crippen molar-refractivity contribution in [2.75, 3.05) is 0 Å². The Balaban J connectivity index is 1.61. The molecule has 0 saturated heterocycles. The normalized spacial score (nSPS) is 15.0. The van der Waals surface area contributed by atoms with Crippen LogP contribution in [0.5, 0.6) is 0 Å². The Morgan fingerprint density at radius 2 is 2.04 bits per heavy atom. The van der Waals surface area contributed by atoms with Crippen molar-refractivity contribution in [1.82, 2.24) is 25.4 Å². The highest BCUT2D eigenvalue weighted by Gasteiger charge is 2.25. The summed E-state index contributed by atoms with van der Waals surface area (Å²) in [4.78, 5) is 23.7. The van der Waals surface area contributed by atoms with E-state index in [0.29, 0.717) is 5.16 Å². The molecule has 1 saturated carbocycles. The minimum absolute atomic E-state index is 0.215. The van der Waals surface area contributed by atoms with Crippen molar-refractivity contribution in [3.63, 3.8) is 0 Å². The van der Waals surface area contributed by atoms with Crippen LogP contribution in [-0.4, -0.2) is 38.0 Å². The summed E-state index contributed by atoms with van der Waals surface area (Å²) >= 11 is 1.25. The van der Waals surface area contributed by atoms with E-state index >= 15 is 0 Å². The van der Waals surface area contributed by atoms with Crippen LogP contribution in [0.25, 0.3) is 5.69 Å². The number of thioether (sulfide) groups is 1. The van der Waals surface area contributed by atoms with E-state index in [4.69, 9.17) is 0 Å². The molecule has 1 heterocycles. The van der Waals surface area contributed by atoms with Gasteiger partial charge in [-0.05, 0) is 31.9 Å². The van der Waals surface area contributed by atoms with Gasteiger partial charge < -0.3 is 5.32 Å². The Morgan fingerprint density at radius 1 is 1.30 bits per heavy atom. The summed E-state index contributed by atoms with van der Waals surface area (Å²) in [5.41, 5.74) is 0.916. The number of para-hydroxylation sites is 1. The van der Waals surface area contributed by atoms with E-state index in [1.807, 2.05) is 30.3 Å². The molecule has 1 aliphatic carbocycles. The van der Waals surface area contributed by atoms with Crippen LogP contribution >= 0.6 is 11.8 Å². The number of amides is 3. The predicted octanol–water partition coefficient (Wildman–Crippen LogP) is 1.74. The fourth-order valence-electron chi connectivity index (χ4n) is 1.94. The van der Waals surface area contributed by atoms with Gasteiger partial charge in [0, 0.05) is 11.7 Å². The van der Waals surface area contributed by atoms with Crippen molar-refractivity contribution >= 4 is 23.7 Å². The molecular formula is C15H17N5O2S. The van der Waals surface area contributed by atoms with E-state index in [1.54, 1.807) is 17.8 Å². The minimum Gasteiger partial charge on any atom is -0.335 e. The van der Waals surface area contributed by atoms with Gasteiger partial charge in [-0.3, -0.25) is 14.7 Å². The van der Waals surface area contributed by atoms with Crippen molar-refractivity contribution in [2.24, 2.45) is 0 Å². The molecule has 1 unspecified atom stereocenters. The summed E-state index contributed by atoms with van der Waals surface area (Å²) in [5.74, 6) is -0.351. The Morgan fingerprint density at radius 3 is 2.74 bits per heavy atom. The summed E-state index contributed by atoms with van der Waals surface area (Å²) in [6, 6.07) is 9.41. The smallest absolute Gasteiger partial charge is 0.321 e. The van der Waals surface area contributed by atoms with Crippen molar-refractivity contribution in [3.05, 3.63) is 36.7 Å². The minimum atomic E-state index is -0.466. The number of hydrogen-bond donors (Lipinski definition) is 2. The lowest BCUT2D eigenvalue weighted by Gasteiger charge is -2.12. The number of nitrogens with one attached hydrogen (secondary N) is 2. The molecule has 3 rings (SSSR count). The van der Waals surface area contributed by atoms with Crippen LogP contribution in [0, 0.1) is 0 Å². The first-order valence-electron chi connectivity index (χ1n) is 7.37. The molecule has 0 aliphatic heterocycles. The molecule has 1 atom stereocenters. The topological polar surface area (TPSA) is 88.9 Å². The largest absolute Gasteiger partial charge is 0.335 e. The van der Waals surface area contributed by atoms with Gasteiger partial charge in [-0.1, -0.05) is 30.0 Å². The van der Waals surface area contributed by atoms with Gasteiger partial charge in [-0.2, -0.15) is 0 Å².